The zero-order valence-corrected chi connectivity index (χ0v) is 9.06. The van der Waals surface area contributed by atoms with Crippen molar-refractivity contribution < 1.29 is 9.59 Å². The summed E-state index contributed by atoms with van der Waals surface area (Å²) in [4.78, 5) is 27.2. The van der Waals surface area contributed by atoms with Gasteiger partial charge in [0.15, 0.2) is 5.78 Å². The molecular formula is C12H15NO2. The first-order valence-electron chi connectivity index (χ1n) is 5.13. The van der Waals surface area contributed by atoms with Crippen molar-refractivity contribution in [3.8, 4) is 0 Å². The molecule has 15 heavy (non-hydrogen) atoms. The average molecular weight is 205 g/mol. The molecular weight excluding hydrogens is 190 g/mol. The number of rotatable bonds is 5. The van der Waals surface area contributed by atoms with Gasteiger partial charge in [0.1, 0.15) is 5.78 Å². The Bertz CT molecular complexity index is 346. The number of ketones is 2. The van der Waals surface area contributed by atoms with Gasteiger partial charge in [-0.15, -0.1) is 0 Å². The second kappa shape index (κ2) is 5.39. The lowest BCUT2D eigenvalue weighted by Crippen LogP contribution is -2.20. The fourth-order valence-electron chi connectivity index (χ4n) is 1.38. The zero-order valence-electron chi connectivity index (χ0n) is 9.06. The third-order valence-corrected chi connectivity index (χ3v) is 2.34. The first-order valence-corrected chi connectivity index (χ1v) is 5.13. The van der Waals surface area contributed by atoms with Gasteiger partial charge in [0.05, 0.1) is 5.92 Å². The van der Waals surface area contributed by atoms with E-state index in [9.17, 15) is 9.59 Å². The summed E-state index contributed by atoms with van der Waals surface area (Å²) in [5, 5.41) is 0. The Labute approximate surface area is 89.5 Å². The van der Waals surface area contributed by atoms with E-state index in [-0.39, 0.29) is 11.6 Å². The summed E-state index contributed by atoms with van der Waals surface area (Å²) in [6, 6.07) is 3.27. The van der Waals surface area contributed by atoms with Crippen LogP contribution in [0.5, 0.6) is 0 Å². The molecule has 0 bridgehead atoms. The van der Waals surface area contributed by atoms with Crippen molar-refractivity contribution in [1.29, 1.82) is 0 Å². The van der Waals surface area contributed by atoms with Gasteiger partial charge in [-0.05, 0) is 25.5 Å². The molecule has 1 unspecified atom stereocenters. The molecule has 0 aliphatic heterocycles. The highest BCUT2D eigenvalue weighted by molar-refractivity contribution is 6.10. The minimum absolute atomic E-state index is 0.0133. The van der Waals surface area contributed by atoms with Crippen molar-refractivity contribution in [3.05, 3.63) is 30.1 Å². The number of pyridine rings is 1. The second-order valence-corrected chi connectivity index (χ2v) is 3.54. The zero-order chi connectivity index (χ0) is 11.3. The van der Waals surface area contributed by atoms with Crippen LogP contribution in [0.2, 0.25) is 0 Å². The largest absolute Gasteiger partial charge is 0.299 e. The molecule has 1 aromatic heterocycles. The first-order chi connectivity index (χ1) is 7.16. The predicted octanol–water partition coefficient (Wildman–Crippen LogP) is 2.27. The van der Waals surface area contributed by atoms with E-state index in [1.807, 2.05) is 6.92 Å². The van der Waals surface area contributed by atoms with Crippen LogP contribution in [0, 0.1) is 5.92 Å². The molecule has 0 aromatic carbocycles. The summed E-state index contributed by atoms with van der Waals surface area (Å²) in [6.45, 7) is 3.60. The van der Waals surface area contributed by atoms with Gasteiger partial charge in [-0.3, -0.25) is 14.6 Å². The van der Waals surface area contributed by atoms with Crippen molar-refractivity contribution >= 4 is 11.6 Å². The van der Waals surface area contributed by atoms with Gasteiger partial charge >= 0.3 is 0 Å². The molecule has 0 aliphatic carbocycles. The summed E-state index contributed by atoms with van der Waals surface area (Å²) in [7, 11) is 0. The highest BCUT2D eigenvalue weighted by atomic mass is 16.1. The van der Waals surface area contributed by atoms with Crippen molar-refractivity contribution in [2.75, 3.05) is 0 Å². The third-order valence-electron chi connectivity index (χ3n) is 2.34. The van der Waals surface area contributed by atoms with Crippen LogP contribution in [-0.2, 0) is 4.79 Å². The van der Waals surface area contributed by atoms with E-state index in [1.165, 1.54) is 0 Å². The van der Waals surface area contributed by atoms with Crippen LogP contribution in [0.3, 0.4) is 0 Å². The Balaban J connectivity index is 2.73. The number of Topliss-reactive ketones (excluding diaryl/α,β-unsaturated/α-hetero) is 2. The number of carbonyl (C=O) groups excluding carboxylic acids is 2. The SMILES string of the molecule is CCCC(=O)C(C)C(=O)c1ccncc1. The third kappa shape index (κ3) is 2.98. The van der Waals surface area contributed by atoms with E-state index in [2.05, 4.69) is 4.98 Å². The van der Waals surface area contributed by atoms with E-state index in [4.69, 9.17) is 0 Å². The Morgan fingerprint density at radius 1 is 1.33 bits per heavy atom. The minimum Gasteiger partial charge on any atom is -0.299 e. The maximum atomic E-state index is 11.8. The summed E-state index contributed by atoms with van der Waals surface area (Å²) >= 11 is 0. The normalized spacial score (nSPS) is 12.1. The van der Waals surface area contributed by atoms with Crippen molar-refractivity contribution in [3.63, 3.8) is 0 Å². The molecule has 0 fully saturated rings. The van der Waals surface area contributed by atoms with E-state index < -0.39 is 5.92 Å². The molecule has 1 atom stereocenters. The molecule has 0 amide bonds. The highest BCUT2D eigenvalue weighted by Gasteiger charge is 2.21. The number of nitrogens with zero attached hydrogens (tertiary/aromatic N) is 1. The molecule has 0 aliphatic rings. The fraction of sp³-hybridized carbons (Fsp3) is 0.417. The Morgan fingerprint density at radius 3 is 2.47 bits per heavy atom. The summed E-state index contributed by atoms with van der Waals surface area (Å²) in [5.41, 5.74) is 0.557. The van der Waals surface area contributed by atoms with E-state index >= 15 is 0 Å². The minimum atomic E-state index is -0.535. The topological polar surface area (TPSA) is 47.0 Å². The molecule has 1 aromatic rings. The number of carbonyl (C=O) groups is 2. The van der Waals surface area contributed by atoms with Crippen LogP contribution < -0.4 is 0 Å². The fourth-order valence-corrected chi connectivity index (χ4v) is 1.38. The predicted molar refractivity (Wildman–Crippen MR) is 57.6 cm³/mol. The lowest BCUT2D eigenvalue weighted by molar-refractivity contribution is -0.121. The van der Waals surface area contributed by atoms with Crippen LogP contribution in [0.15, 0.2) is 24.5 Å². The van der Waals surface area contributed by atoms with E-state index in [0.717, 1.165) is 6.42 Å². The van der Waals surface area contributed by atoms with Gasteiger partial charge in [-0.1, -0.05) is 6.92 Å². The summed E-state index contributed by atoms with van der Waals surface area (Å²) < 4.78 is 0. The number of aromatic nitrogens is 1. The summed E-state index contributed by atoms with van der Waals surface area (Å²) in [5.74, 6) is -0.637. The second-order valence-electron chi connectivity index (χ2n) is 3.54. The van der Waals surface area contributed by atoms with Crippen LogP contribution in [0.25, 0.3) is 0 Å². The van der Waals surface area contributed by atoms with Gasteiger partial charge < -0.3 is 0 Å². The van der Waals surface area contributed by atoms with Gasteiger partial charge in [0.2, 0.25) is 0 Å². The Morgan fingerprint density at radius 2 is 1.93 bits per heavy atom. The molecule has 0 N–H and O–H groups in total. The lowest BCUT2D eigenvalue weighted by Gasteiger charge is -2.08. The van der Waals surface area contributed by atoms with Crippen molar-refractivity contribution in [2.24, 2.45) is 5.92 Å². The van der Waals surface area contributed by atoms with Crippen LogP contribution in [0.1, 0.15) is 37.0 Å². The lowest BCUT2D eigenvalue weighted by atomic mass is 9.94. The van der Waals surface area contributed by atoms with Crippen molar-refractivity contribution in [2.45, 2.75) is 26.7 Å². The Kier molecular flexibility index (Phi) is 4.16. The van der Waals surface area contributed by atoms with Gasteiger partial charge in [0, 0.05) is 24.4 Å². The van der Waals surface area contributed by atoms with E-state index in [1.54, 1.807) is 31.5 Å². The van der Waals surface area contributed by atoms with Gasteiger partial charge in [-0.2, -0.15) is 0 Å². The smallest absolute Gasteiger partial charge is 0.173 e. The molecule has 3 heteroatoms. The average Bonchev–Trinajstić information content (AvgIpc) is 2.28. The standard InChI is InChI=1S/C12H15NO2/c1-3-4-11(14)9(2)12(15)10-5-7-13-8-6-10/h5-9H,3-4H2,1-2H3. The summed E-state index contributed by atoms with van der Waals surface area (Å²) in [6.07, 6.45) is 4.37. The Hall–Kier alpha value is -1.51. The molecule has 80 valence electrons. The highest BCUT2D eigenvalue weighted by Crippen LogP contribution is 2.11. The molecule has 0 saturated heterocycles. The first kappa shape index (κ1) is 11.6. The molecule has 1 rings (SSSR count). The molecule has 0 radical (unpaired) electrons. The number of hydrogen-bond acceptors (Lipinski definition) is 3. The van der Waals surface area contributed by atoms with Gasteiger partial charge in [-0.25, -0.2) is 0 Å². The maximum Gasteiger partial charge on any atom is 0.173 e. The molecule has 0 saturated carbocycles. The van der Waals surface area contributed by atoms with Crippen LogP contribution in [0.4, 0.5) is 0 Å². The van der Waals surface area contributed by atoms with E-state index in [0.29, 0.717) is 12.0 Å². The van der Waals surface area contributed by atoms with Crippen LogP contribution >= 0.6 is 0 Å². The van der Waals surface area contributed by atoms with Crippen molar-refractivity contribution in [1.82, 2.24) is 4.98 Å². The maximum absolute atomic E-state index is 11.8. The molecule has 0 spiro atoms. The number of hydrogen-bond donors (Lipinski definition) is 0. The quantitative estimate of drug-likeness (QED) is 0.547. The molecule has 1 heterocycles. The molecule has 3 nitrogen and oxygen atoms in total. The van der Waals surface area contributed by atoms with Crippen LogP contribution in [-0.4, -0.2) is 16.6 Å². The van der Waals surface area contributed by atoms with Gasteiger partial charge in [0.25, 0.3) is 0 Å². The monoisotopic (exact) mass is 205 g/mol.